The van der Waals surface area contributed by atoms with Crippen LogP contribution in [0.3, 0.4) is 0 Å². The van der Waals surface area contributed by atoms with Crippen LogP contribution in [0.25, 0.3) is 11.1 Å². The Morgan fingerprint density at radius 3 is 2.27 bits per heavy atom. The van der Waals surface area contributed by atoms with Crippen LogP contribution < -0.4 is 5.32 Å². The van der Waals surface area contributed by atoms with Gasteiger partial charge in [-0.05, 0) is 28.8 Å². The summed E-state index contributed by atoms with van der Waals surface area (Å²) in [4.78, 5) is 0. The van der Waals surface area contributed by atoms with E-state index in [1.807, 2.05) is 36.4 Å². The summed E-state index contributed by atoms with van der Waals surface area (Å²) in [6.45, 7) is 0. The van der Waals surface area contributed by atoms with Gasteiger partial charge in [0.1, 0.15) is 0 Å². The average Bonchev–Trinajstić information content (AvgIpc) is 3.15. The monoisotopic (exact) mass is 359 g/mol. The van der Waals surface area contributed by atoms with Gasteiger partial charge in [-0.15, -0.1) is 0 Å². The van der Waals surface area contributed by atoms with Gasteiger partial charge in [-0.3, -0.25) is 0 Å². The number of nitrogens with one attached hydrogen (secondary N) is 1. The first-order valence-electron chi connectivity index (χ1n) is 8.30. The summed E-state index contributed by atoms with van der Waals surface area (Å²) in [5.41, 5.74) is 4.59. The second kappa shape index (κ2) is 7.89. The molecule has 0 amide bonds. The van der Waals surface area contributed by atoms with Crippen molar-refractivity contribution in [1.82, 2.24) is 10.2 Å². The molecule has 0 spiro atoms. The number of anilines is 2. The summed E-state index contributed by atoms with van der Waals surface area (Å²) in [7, 11) is 0. The molecule has 0 radical (unpaired) electrons. The SMILES string of the molecule is c1ccc(Nc2nnc(SCc3ccccc3-c3ccccc3)o2)cc1. The van der Waals surface area contributed by atoms with Crippen LogP contribution in [0.4, 0.5) is 11.7 Å². The highest BCUT2D eigenvalue weighted by Gasteiger charge is 2.10. The number of benzene rings is 3. The number of nitrogens with zero attached hydrogens (tertiary/aromatic N) is 2. The van der Waals surface area contributed by atoms with Crippen molar-refractivity contribution in [2.24, 2.45) is 0 Å². The first kappa shape index (κ1) is 16.4. The summed E-state index contributed by atoms with van der Waals surface area (Å²) in [5.74, 6) is 0.762. The molecular weight excluding hydrogens is 342 g/mol. The normalized spacial score (nSPS) is 10.6. The zero-order valence-corrected chi connectivity index (χ0v) is 14.8. The number of hydrogen-bond acceptors (Lipinski definition) is 5. The third-order valence-corrected chi connectivity index (χ3v) is 4.75. The fourth-order valence-corrected chi connectivity index (χ4v) is 3.42. The van der Waals surface area contributed by atoms with E-state index in [0.29, 0.717) is 11.2 Å². The third kappa shape index (κ3) is 3.95. The Morgan fingerprint density at radius 2 is 1.46 bits per heavy atom. The molecule has 4 rings (SSSR count). The molecule has 1 heterocycles. The zero-order valence-electron chi connectivity index (χ0n) is 14.0. The predicted octanol–water partition coefficient (Wildman–Crippen LogP) is 5.77. The lowest BCUT2D eigenvalue weighted by atomic mass is 10.0. The van der Waals surface area contributed by atoms with Gasteiger partial charge < -0.3 is 9.73 Å². The van der Waals surface area contributed by atoms with E-state index in [0.717, 1.165) is 11.4 Å². The van der Waals surface area contributed by atoms with Gasteiger partial charge in [0, 0.05) is 11.4 Å². The molecule has 0 aliphatic rings. The molecule has 4 aromatic rings. The molecule has 0 saturated carbocycles. The van der Waals surface area contributed by atoms with E-state index in [9.17, 15) is 0 Å². The molecule has 1 N–H and O–H groups in total. The largest absolute Gasteiger partial charge is 0.398 e. The summed E-state index contributed by atoms with van der Waals surface area (Å²) in [6.07, 6.45) is 0. The van der Waals surface area contributed by atoms with Gasteiger partial charge in [0.25, 0.3) is 5.22 Å². The molecule has 0 unspecified atom stereocenters. The molecule has 128 valence electrons. The molecule has 0 saturated heterocycles. The third-order valence-electron chi connectivity index (χ3n) is 3.88. The Kier molecular flexibility index (Phi) is 4.98. The Morgan fingerprint density at radius 1 is 0.769 bits per heavy atom. The minimum absolute atomic E-state index is 0.398. The van der Waals surface area contributed by atoms with Gasteiger partial charge in [0.2, 0.25) is 0 Å². The topological polar surface area (TPSA) is 51.0 Å². The van der Waals surface area contributed by atoms with Crippen LogP contribution in [0, 0.1) is 0 Å². The number of rotatable bonds is 6. The van der Waals surface area contributed by atoms with Crippen LogP contribution in [-0.2, 0) is 5.75 Å². The van der Waals surface area contributed by atoms with Crippen molar-refractivity contribution < 1.29 is 4.42 Å². The molecule has 0 atom stereocenters. The van der Waals surface area contributed by atoms with Crippen molar-refractivity contribution in [3.05, 3.63) is 90.5 Å². The molecule has 1 aromatic heterocycles. The minimum atomic E-state index is 0.398. The van der Waals surface area contributed by atoms with Gasteiger partial charge in [-0.2, -0.15) is 0 Å². The lowest BCUT2D eigenvalue weighted by Gasteiger charge is -2.08. The first-order chi connectivity index (χ1) is 12.9. The van der Waals surface area contributed by atoms with Crippen molar-refractivity contribution in [2.45, 2.75) is 11.0 Å². The Bertz CT molecular complexity index is 971. The van der Waals surface area contributed by atoms with E-state index in [-0.39, 0.29) is 0 Å². The second-order valence-electron chi connectivity index (χ2n) is 5.68. The number of aromatic nitrogens is 2. The Balaban J connectivity index is 1.45. The van der Waals surface area contributed by atoms with Crippen molar-refractivity contribution >= 4 is 23.5 Å². The van der Waals surface area contributed by atoms with Crippen LogP contribution in [0.2, 0.25) is 0 Å². The van der Waals surface area contributed by atoms with Gasteiger partial charge >= 0.3 is 6.01 Å². The summed E-state index contributed by atoms with van der Waals surface area (Å²) in [6, 6.07) is 28.9. The van der Waals surface area contributed by atoms with Gasteiger partial charge in [-0.1, -0.05) is 94.8 Å². The highest BCUT2D eigenvalue weighted by atomic mass is 32.2. The molecule has 0 aliphatic carbocycles. The maximum absolute atomic E-state index is 5.68. The fraction of sp³-hybridized carbons (Fsp3) is 0.0476. The van der Waals surface area contributed by atoms with Crippen LogP contribution in [0.15, 0.2) is 94.6 Å². The lowest BCUT2D eigenvalue weighted by Crippen LogP contribution is -1.88. The lowest BCUT2D eigenvalue weighted by molar-refractivity contribution is 0.468. The Hall–Kier alpha value is -3.05. The summed E-state index contributed by atoms with van der Waals surface area (Å²) >= 11 is 1.53. The molecule has 3 aromatic carbocycles. The number of hydrogen-bond donors (Lipinski definition) is 1. The number of thioether (sulfide) groups is 1. The average molecular weight is 359 g/mol. The van der Waals surface area contributed by atoms with E-state index in [2.05, 4.69) is 64.0 Å². The van der Waals surface area contributed by atoms with Crippen LogP contribution >= 0.6 is 11.8 Å². The highest BCUT2D eigenvalue weighted by molar-refractivity contribution is 7.98. The van der Waals surface area contributed by atoms with Crippen molar-refractivity contribution in [2.75, 3.05) is 5.32 Å². The van der Waals surface area contributed by atoms with E-state index in [1.54, 1.807) is 0 Å². The zero-order chi connectivity index (χ0) is 17.6. The van der Waals surface area contributed by atoms with Crippen molar-refractivity contribution in [1.29, 1.82) is 0 Å². The van der Waals surface area contributed by atoms with E-state index in [4.69, 9.17) is 4.42 Å². The maximum Gasteiger partial charge on any atom is 0.320 e. The summed E-state index contributed by atoms with van der Waals surface area (Å²) in [5, 5.41) is 11.8. The fourth-order valence-electron chi connectivity index (χ4n) is 2.65. The van der Waals surface area contributed by atoms with Crippen LogP contribution in [0.1, 0.15) is 5.56 Å². The quantitative estimate of drug-likeness (QED) is 0.443. The minimum Gasteiger partial charge on any atom is -0.398 e. The first-order valence-corrected chi connectivity index (χ1v) is 9.29. The molecule has 0 aliphatic heterocycles. The van der Waals surface area contributed by atoms with Gasteiger partial charge in [0.05, 0.1) is 0 Å². The van der Waals surface area contributed by atoms with Gasteiger partial charge in [-0.25, -0.2) is 0 Å². The molecular formula is C21H17N3OS. The highest BCUT2D eigenvalue weighted by Crippen LogP contribution is 2.30. The predicted molar refractivity (Wildman–Crippen MR) is 105 cm³/mol. The molecule has 4 nitrogen and oxygen atoms in total. The van der Waals surface area contributed by atoms with Crippen LogP contribution in [0.5, 0.6) is 0 Å². The molecule has 0 fully saturated rings. The van der Waals surface area contributed by atoms with Gasteiger partial charge in [0.15, 0.2) is 0 Å². The molecule has 26 heavy (non-hydrogen) atoms. The smallest absolute Gasteiger partial charge is 0.320 e. The van der Waals surface area contributed by atoms with Crippen LogP contribution in [-0.4, -0.2) is 10.2 Å². The maximum atomic E-state index is 5.68. The van der Waals surface area contributed by atoms with Crippen molar-refractivity contribution in [3.8, 4) is 11.1 Å². The summed E-state index contributed by atoms with van der Waals surface area (Å²) < 4.78 is 5.68. The number of para-hydroxylation sites is 1. The van der Waals surface area contributed by atoms with E-state index >= 15 is 0 Å². The Labute approximate surface area is 156 Å². The van der Waals surface area contributed by atoms with E-state index in [1.165, 1.54) is 28.5 Å². The molecule has 5 heteroatoms. The second-order valence-corrected chi connectivity index (χ2v) is 6.60. The molecule has 0 bridgehead atoms. The van der Waals surface area contributed by atoms with Crippen molar-refractivity contribution in [3.63, 3.8) is 0 Å². The standard InChI is InChI=1S/C21H17N3OS/c1-3-9-16(10-4-1)19-14-8-7-11-17(19)15-26-21-24-23-20(25-21)22-18-12-5-2-6-13-18/h1-14H,15H2,(H,22,23). The van der Waals surface area contributed by atoms with E-state index < -0.39 is 0 Å².